The quantitative estimate of drug-likeness (QED) is 0.580. The molecule has 0 radical (unpaired) electrons. The Morgan fingerprint density at radius 3 is 2.57 bits per heavy atom. The fourth-order valence-electron chi connectivity index (χ4n) is 2.53. The minimum atomic E-state index is -3.76. The number of ether oxygens (including phenoxy) is 1. The summed E-state index contributed by atoms with van der Waals surface area (Å²) in [5, 5.41) is 4.05. The van der Waals surface area contributed by atoms with Gasteiger partial charge in [-0.15, -0.1) is 0 Å². The highest BCUT2D eigenvalue weighted by Crippen LogP contribution is 2.14. The topological polar surface area (TPSA) is 103 Å². The molecule has 3 aromatic rings. The summed E-state index contributed by atoms with van der Waals surface area (Å²) < 4.78 is 34.2. The number of esters is 1. The number of rotatable bonds is 8. The van der Waals surface area contributed by atoms with Crippen LogP contribution in [0.15, 0.2) is 66.1 Å². The first-order valence-corrected chi connectivity index (χ1v) is 10.1. The molecule has 0 amide bonds. The molecule has 0 saturated heterocycles. The molecule has 2 aromatic carbocycles. The second-order valence-corrected chi connectivity index (χ2v) is 7.75. The average molecular weight is 400 g/mol. The maximum atomic E-state index is 12.5. The molecule has 28 heavy (non-hydrogen) atoms. The molecular weight excluding hydrogens is 380 g/mol. The van der Waals surface area contributed by atoms with Crippen LogP contribution in [0.1, 0.15) is 28.4 Å². The van der Waals surface area contributed by atoms with Crippen molar-refractivity contribution in [1.29, 1.82) is 0 Å². The molecule has 0 aliphatic carbocycles. The molecule has 9 heteroatoms. The molecule has 0 aliphatic heterocycles. The zero-order valence-corrected chi connectivity index (χ0v) is 16.1. The fraction of sp³-hybridized carbons (Fsp3) is 0.211. The van der Waals surface area contributed by atoms with E-state index in [-0.39, 0.29) is 23.6 Å². The Labute approximate surface area is 163 Å². The van der Waals surface area contributed by atoms with Gasteiger partial charge in [0.1, 0.15) is 12.7 Å². The van der Waals surface area contributed by atoms with E-state index in [0.29, 0.717) is 6.54 Å². The number of nitrogens with one attached hydrogen (secondary N) is 1. The summed E-state index contributed by atoms with van der Waals surface area (Å²) in [6, 6.07) is 13.3. The number of carbonyl (C=O) groups excluding carboxylic acids is 1. The lowest BCUT2D eigenvalue weighted by molar-refractivity contribution is 0.0526. The first kappa shape index (κ1) is 19.7. The van der Waals surface area contributed by atoms with Crippen LogP contribution < -0.4 is 4.72 Å². The van der Waals surface area contributed by atoms with E-state index in [2.05, 4.69) is 14.8 Å². The van der Waals surface area contributed by atoms with E-state index in [0.717, 1.165) is 11.1 Å². The molecule has 1 aromatic heterocycles. The van der Waals surface area contributed by atoms with Gasteiger partial charge in [0.05, 0.1) is 23.6 Å². The summed E-state index contributed by atoms with van der Waals surface area (Å²) in [5.41, 5.74) is 2.04. The van der Waals surface area contributed by atoms with Crippen LogP contribution in [0.5, 0.6) is 0 Å². The Morgan fingerprint density at radius 2 is 1.89 bits per heavy atom. The predicted octanol–water partition coefficient (Wildman–Crippen LogP) is 1.98. The number of hydrogen-bond acceptors (Lipinski definition) is 6. The molecular formula is C19H20N4O4S. The van der Waals surface area contributed by atoms with E-state index in [4.69, 9.17) is 4.74 Å². The van der Waals surface area contributed by atoms with Gasteiger partial charge in [0.25, 0.3) is 0 Å². The van der Waals surface area contributed by atoms with Crippen molar-refractivity contribution in [1.82, 2.24) is 19.5 Å². The Hall–Kier alpha value is -3.04. The normalized spacial score (nSPS) is 11.3. The minimum absolute atomic E-state index is 0.0147. The van der Waals surface area contributed by atoms with Crippen molar-refractivity contribution >= 4 is 16.0 Å². The number of benzene rings is 2. The summed E-state index contributed by atoms with van der Waals surface area (Å²) >= 11 is 0. The summed E-state index contributed by atoms with van der Waals surface area (Å²) in [4.78, 5) is 15.7. The Bertz CT molecular complexity index is 1030. The molecule has 1 N–H and O–H groups in total. The van der Waals surface area contributed by atoms with Gasteiger partial charge < -0.3 is 4.74 Å². The summed E-state index contributed by atoms with van der Waals surface area (Å²) in [5.74, 6) is -0.553. The first-order chi connectivity index (χ1) is 13.5. The highest BCUT2D eigenvalue weighted by Gasteiger charge is 2.16. The molecule has 0 bridgehead atoms. The number of nitrogens with zero attached hydrogens (tertiary/aromatic N) is 3. The van der Waals surface area contributed by atoms with Crippen molar-refractivity contribution in [2.75, 3.05) is 6.61 Å². The third-order valence-corrected chi connectivity index (χ3v) is 5.35. The van der Waals surface area contributed by atoms with Crippen LogP contribution in [0.4, 0.5) is 0 Å². The van der Waals surface area contributed by atoms with Gasteiger partial charge in [-0.1, -0.05) is 30.3 Å². The number of hydrogen-bond donors (Lipinski definition) is 1. The SMILES string of the molecule is CCOC(=O)c1cccc(S(=O)(=O)NCc2ccc(Cn3cncn3)cc2)c1. The van der Waals surface area contributed by atoms with Gasteiger partial charge in [0.2, 0.25) is 10.0 Å². The molecule has 0 spiro atoms. The predicted molar refractivity (Wildman–Crippen MR) is 102 cm³/mol. The number of carbonyl (C=O) groups is 1. The van der Waals surface area contributed by atoms with Crippen LogP contribution in [0.2, 0.25) is 0 Å². The zero-order valence-electron chi connectivity index (χ0n) is 15.3. The van der Waals surface area contributed by atoms with Crippen LogP contribution in [0.25, 0.3) is 0 Å². The van der Waals surface area contributed by atoms with Gasteiger partial charge in [-0.05, 0) is 36.2 Å². The van der Waals surface area contributed by atoms with Gasteiger partial charge >= 0.3 is 5.97 Å². The molecule has 0 atom stereocenters. The lowest BCUT2D eigenvalue weighted by Crippen LogP contribution is -2.23. The number of aromatic nitrogens is 3. The van der Waals surface area contributed by atoms with Gasteiger partial charge in [-0.2, -0.15) is 5.10 Å². The van der Waals surface area contributed by atoms with Crippen molar-refractivity contribution in [2.24, 2.45) is 0 Å². The highest BCUT2D eigenvalue weighted by atomic mass is 32.2. The maximum absolute atomic E-state index is 12.5. The zero-order chi connectivity index (χ0) is 20.0. The molecule has 8 nitrogen and oxygen atoms in total. The molecule has 146 valence electrons. The minimum Gasteiger partial charge on any atom is -0.462 e. The van der Waals surface area contributed by atoms with Crippen LogP contribution in [0.3, 0.4) is 0 Å². The van der Waals surface area contributed by atoms with E-state index in [1.54, 1.807) is 17.9 Å². The lowest BCUT2D eigenvalue weighted by atomic mass is 10.1. The van der Waals surface area contributed by atoms with Gasteiger partial charge in [-0.25, -0.2) is 27.6 Å². The Kier molecular flexibility index (Phi) is 6.17. The number of sulfonamides is 1. The van der Waals surface area contributed by atoms with Gasteiger partial charge in [0, 0.05) is 6.54 Å². The Balaban J connectivity index is 1.64. The average Bonchev–Trinajstić information content (AvgIpc) is 3.21. The maximum Gasteiger partial charge on any atom is 0.338 e. The van der Waals surface area contributed by atoms with E-state index in [1.165, 1.54) is 30.6 Å². The van der Waals surface area contributed by atoms with Crippen LogP contribution in [0, 0.1) is 0 Å². The van der Waals surface area contributed by atoms with Gasteiger partial charge in [0.15, 0.2) is 0 Å². The second-order valence-electron chi connectivity index (χ2n) is 5.98. The molecule has 1 heterocycles. The van der Waals surface area contributed by atoms with Gasteiger partial charge in [-0.3, -0.25) is 0 Å². The molecule has 0 saturated carbocycles. The standard InChI is InChI=1S/C19H20N4O4S/c1-2-27-19(24)17-4-3-5-18(10-17)28(25,26)22-11-15-6-8-16(9-7-15)12-23-14-20-13-21-23/h3-10,13-14,22H,2,11-12H2,1H3. The summed E-state index contributed by atoms with van der Waals surface area (Å²) in [7, 11) is -3.76. The van der Waals surface area contributed by atoms with E-state index < -0.39 is 16.0 Å². The van der Waals surface area contributed by atoms with Crippen LogP contribution >= 0.6 is 0 Å². The van der Waals surface area contributed by atoms with Crippen molar-refractivity contribution in [3.8, 4) is 0 Å². The Morgan fingerprint density at radius 1 is 1.14 bits per heavy atom. The molecule has 0 aliphatic rings. The second kappa shape index (κ2) is 8.77. The van der Waals surface area contributed by atoms with Crippen LogP contribution in [-0.2, 0) is 27.8 Å². The molecule has 0 fully saturated rings. The van der Waals surface area contributed by atoms with E-state index >= 15 is 0 Å². The third-order valence-electron chi connectivity index (χ3n) is 3.96. The molecule has 0 unspecified atom stereocenters. The van der Waals surface area contributed by atoms with Crippen LogP contribution in [-0.4, -0.2) is 35.8 Å². The largest absolute Gasteiger partial charge is 0.462 e. The fourth-order valence-corrected chi connectivity index (χ4v) is 3.59. The highest BCUT2D eigenvalue weighted by molar-refractivity contribution is 7.89. The smallest absolute Gasteiger partial charge is 0.338 e. The lowest BCUT2D eigenvalue weighted by Gasteiger charge is -2.09. The van der Waals surface area contributed by atoms with Crippen molar-refractivity contribution in [2.45, 2.75) is 24.9 Å². The van der Waals surface area contributed by atoms with Crippen molar-refractivity contribution < 1.29 is 17.9 Å². The monoisotopic (exact) mass is 400 g/mol. The van der Waals surface area contributed by atoms with E-state index in [9.17, 15) is 13.2 Å². The first-order valence-electron chi connectivity index (χ1n) is 8.65. The van der Waals surface area contributed by atoms with Crippen molar-refractivity contribution in [3.05, 3.63) is 77.9 Å². The third kappa shape index (κ3) is 5.02. The van der Waals surface area contributed by atoms with E-state index in [1.807, 2.05) is 24.3 Å². The van der Waals surface area contributed by atoms with Crippen molar-refractivity contribution in [3.63, 3.8) is 0 Å². The summed E-state index contributed by atoms with van der Waals surface area (Å²) in [6.45, 7) is 2.64. The summed E-state index contributed by atoms with van der Waals surface area (Å²) in [6.07, 6.45) is 3.10. The molecule has 3 rings (SSSR count).